The van der Waals surface area contributed by atoms with Crippen LogP contribution in [-0.4, -0.2) is 35.5 Å². The van der Waals surface area contributed by atoms with Gasteiger partial charge in [-0.25, -0.2) is 9.59 Å². The predicted molar refractivity (Wildman–Crippen MR) is 121 cm³/mol. The number of imide groups is 1. The van der Waals surface area contributed by atoms with E-state index in [0.29, 0.717) is 11.3 Å². The number of methoxy groups -OCH3 is 1. The van der Waals surface area contributed by atoms with Crippen molar-refractivity contribution < 1.29 is 28.3 Å². The average molecular weight is 448 g/mol. The molecule has 0 spiro atoms. The first-order chi connectivity index (χ1) is 15.7. The van der Waals surface area contributed by atoms with Gasteiger partial charge in [0.1, 0.15) is 22.8 Å². The lowest BCUT2D eigenvalue weighted by Gasteiger charge is -2.23. The van der Waals surface area contributed by atoms with Crippen LogP contribution in [0.2, 0.25) is 0 Å². The molecular formula is C25H24N2O6. The maximum Gasteiger partial charge on any atom is 0.373 e. The average Bonchev–Trinajstić information content (AvgIpc) is 3.34. The van der Waals surface area contributed by atoms with Crippen molar-refractivity contribution in [2.24, 2.45) is 0 Å². The van der Waals surface area contributed by atoms with Crippen LogP contribution in [-0.2, 0) is 16.1 Å². The summed E-state index contributed by atoms with van der Waals surface area (Å²) < 4.78 is 16.1. The van der Waals surface area contributed by atoms with Gasteiger partial charge in [0.05, 0.1) is 13.7 Å². The molecule has 0 saturated carbocycles. The molecule has 0 aliphatic carbocycles. The highest BCUT2D eigenvalue weighted by Gasteiger charge is 2.35. The minimum atomic E-state index is -0.638. The van der Waals surface area contributed by atoms with Crippen LogP contribution in [0.1, 0.15) is 42.6 Å². The molecule has 1 aromatic heterocycles. The highest BCUT2D eigenvalue weighted by molar-refractivity contribution is 6.14. The van der Waals surface area contributed by atoms with Crippen LogP contribution in [0.4, 0.5) is 4.79 Å². The van der Waals surface area contributed by atoms with Crippen LogP contribution in [0.15, 0.2) is 58.6 Å². The Bertz CT molecular complexity index is 1280. The Kier molecular flexibility index (Phi) is 5.68. The van der Waals surface area contributed by atoms with Crippen molar-refractivity contribution >= 4 is 34.8 Å². The van der Waals surface area contributed by atoms with E-state index < -0.39 is 23.5 Å². The molecule has 2 heterocycles. The van der Waals surface area contributed by atoms with Crippen molar-refractivity contribution in [3.05, 3.63) is 71.3 Å². The van der Waals surface area contributed by atoms with E-state index in [1.54, 1.807) is 6.08 Å². The van der Waals surface area contributed by atoms with E-state index in [9.17, 15) is 14.4 Å². The summed E-state index contributed by atoms with van der Waals surface area (Å²) in [5, 5.41) is 4.49. The summed E-state index contributed by atoms with van der Waals surface area (Å²) in [5.41, 5.74) is 0.357. The number of hydrogen-bond donors (Lipinski definition) is 1. The fraction of sp³-hybridized carbons (Fsp3) is 0.240. The lowest BCUT2D eigenvalue weighted by molar-refractivity contribution is -0.123. The zero-order chi connectivity index (χ0) is 23.8. The van der Waals surface area contributed by atoms with Crippen molar-refractivity contribution in [1.82, 2.24) is 10.2 Å². The first-order valence-corrected chi connectivity index (χ1v) is 10.4. The summed E-state index contributed by atoms with van der Waals surface area (Å²) in [6, 6.07) is 13.9. The van der Waals surface area contributed by atoms with E-state index in [-0.39, 0.29) is 23.8 Å². The molecular weight excluding hydrogens is 424 g/mol. The first-order valence-electron chi connectivity index (χ1n) is 10.4. The molecule has 170 valence electrons. The topological polar surface area (TPSA) is 98.1 Å². The largest absolute Gasteiger partial charge is 0.488 e. The summed E-state index contributed by atoms with van der Waals surface area (Å²) in [7, 11) is 1.24. The smallest absolute Gasteiger partial charge is 0.373 e. The molecule has 33 heavy (non-hydrogen) atoms. The Labute approximate surface area is 190 Å². The summed E-state index contributed by atoms with van der Waals surface area (Å²) in [4.78, 5) is 38.2. The van der Waals surface area contributed by atoms with Gasteiger partial charge in [-0.15, -0.1) is 0 Å². The molecule has 0 atom stereocenters. The van der Waals surface area contributed by atoms with Gasteiger partial charge in [0.2, 0.25) is 5.76 Å². The summed E-state index contributed by atoms with van der Waals surface area (Å²) in [5.74, 6) is -0.271. The number of urea groups is 1. The van der Waals surface area contributed by atoms with Crippen LogP contribution in [0, 0.1) is 0 Å². The van der Waals surface area contributed by atoms with Crippen LogP contribution in [0.5, 0.6) is 5.75 Å². The van der Waals surface area contributed by atoms with E-state index >= 15 is 0 Å². The van der Waals surface area contributed by atoms with Gasteiger partial charge in [-0.05, 0) is 55.8 Å². The molecule has 3 amide bonds. The molecule has 8 heteroatoms. The molecule has 3 aromatic rings. The zero-order valence-corrected chi connectivity index (χ0v) is 18.8. The second-order valence-electron chi connectivity index (χ2n) is 8.55. The number of furan rings is 1. The highest BCUT2D eigenvalue weighted by Crippen LogP contribution is 2.33. The third-order valence-electron chi connectivity index (χ3n) is 4.96. The molecule has 0 unspecified atom stereocenters. The Balaban J connectivity index is 1.68. The van der Waals surface area contributed by atoms with Gasteiger partial charge in [-0.3, -0.25) is 9.69 Å². The Morgan fingerprint density at radius 1 is 1.09 bits per heavy atom. The molecule has 0 bridgehead atoms. The van der Waals surface area contributed by atoms with Gasteiger partial charge in [-0.2, -0.15) is 0 Å². The number of esters is 1. The van der Waals surface area contributed by atoms with Gasteiger partial charge in [0.25, 0.3) is 5.91 Å². The maximum absolute atomic E-state index is 13.1. The second-order valence-corrected chi connectivity index (χ2v) is 8.55. The molecule has 0 radical (unpaired) electrons. The number of nitrogens with zero attached hydrogens (tertiary/aromatic N) is 1. The van der Waals surface area contributed by atoms with E-state index in [1.165, 1.54) is 19.2 Å². The fourth-order valence-electron chi connectivity index (χ4n) is 3.53. The molecule has 1 aliphatic rings. The monoisotopic (exact) mass is 448 g/mol. The van der Waals surface area contributed by atoms with Crippen LogP contribution >= 0.6 is 0 Å². The second kappa shape index (κ2) is 8.46. The fourth-order valence-corrected chi connectivity index (χ4v) is 3.53. The number of rotatable bonds is 5. The van der Waals surface area contributed by atoms with E-state index in [4.69, 9.17) is 9.15 Å². The van der Waals surface area contributed by atoms with Crippen LogP contribution < -0.4 is 10.1 Å². The number of carbonyl (C=O) groups excluding carboxylic acids is 3. The lowest BCUT2D eigenvalue weighted by Crippen LogP contribution is -2.30. The summed E-state index contributed by atoms with van der Waals surface area (Å²) >= 11 is 0. The zero-order valence-electron chi connectivity index (χ0n) is 18.8. The first kappa shape index (κ1) is 22.1. The van der Waals surface area contributed by atoms with E-state index in [1.807, 2.05) is 57.2 Å². The molecule has 8 nitrogen and oxygen atoms in total. The number of carbonyl (C=O) groups is 3. The molecule has 2 aromatic carbocycles. The van der Waals surface area contributed by atoms with Gasteiger partial charge in [-0.1, -0.05) is 30.3 Å². The number of ether oxygens (including phenoxy) is 2. The predicted octanol–water partition coefficient (Wildman–Crippen LogP) is 4.49. The molecule has 4 rings (SSSR count). The van der Waals surface area contributed by atoms with E-state index in [0.717, 1.165) is 15.7 Å². The van der Waals surface area contributed by atoms with Gasteiger partial charge in [0.15, 0.2) is 0 Å². The van der Waals surface area contributed by atoms with Crippen molar-refractivity contribution in [3.8, 4) is 5.75 Å². The van der Waals surface area contributed by atoms with Crippen molar-refractivity contribution in [2.45, 2.75) is 32.9 Å². The molecule has 1 fully saturated rings. The van der Waals surface area contributed by atoms with Gasteiger partial charge < -0.3 is 19.2 Å². The van der Waals surface area contributed by atoms with Gasteiger partial charge >= 0.3 is 12.0 Å². The van der Waals surface area contributed by atoms with Crippen molar-refractivity contribution in [3.63, 3.8) is 0 Å². The van der Waals surface area contributed by atoms with Crippen molar-refractivity contribution in [1.29, 1.82) is 0 Å². The lowest BCUT2D eigenvalue weighted by atomic mass is 10.0. The SMILES string of the molecule is COC(=O)c1ccc(CN2C(=O)NC(=Cc3c(OC(C)(C)C)ccc4ccccc34)C2=O)o1. The minimum Gasteiger partial charge on any atom is -0.488 e. The van der Waals surface area contributed by atoms with Crippen molar-refractivity contribution in [2.75, 3.05) is 7.11 Å². The Morgan fingerprint density at radius 3 is 2.58 bits per heavy atom. The number of fused-ring (bicyclic) bond motifs is 1. The summed E-state index contributed by atoms with van der Waals surface area (Å²) in [6.07, 6.45) is 1.63. The van der Waals surface area contributed by atoms with E-state index in [2.05, 4.69) is 10.1 Å². The quantitative estimate of drug-likeness (QED) is 0.351. The number of hydrogen-bond acceptors (Lipinski definition) is 6. The third kappa shape index (κ3) is 4.59. The molecule has 1 saturated heterocycles. The molecule has 1 N–H and O–H groups in total. The minimum absolute atomic E-state index is 0.00459. The Morgan fingerprint density at radius 2 is 1.85 bits per heavy atom. The number of benzene rings is 2. The Hall–Kier alpha value is -4.07. The van der Waals surface area contributed by atoms with Gasteiger partial charge in [0, 0.05) is 5.56 Å². The molecule has 1 aliphatic heterocycles. The van der Waals surface area contributed by atoms with Crippen LogP contribution in [0.3, 0.4) is 0 Å². The third-order valence-corrected chi connectivity index (χ3v) is 4.96. The summed E-state index contributed by atoms with van der Waals surface area (Å²) in [6.45, 7) is 5.69. The van der Waals surface area contributed by atoms with Crippen LogP contribution in [0.25, 0.3) is 16.8 Å². The highest BCUT2D eigenvalue weighted by atomic mass is 16.5. The maximum atomic E-state index is 13.1. The number of amides is 3. The standard InChI is InChI=1S/C25H24N2O6/c1-25(2,3)33-20-11-9-15-7-5-6-8-17(15)18(20)13-19-22(28)27(24(30)26-19)14-16-10-12-21(32-16)23(29)31-4/h5-13H,14H2,1-4H3,(H,26,30). The number of nitrogens with one attached hydrogen (secondary N) is 1. The normalized spacial score (nSPS) is 15.3.